The first-order chi connectivity index (χ1) is 19.0. The van der Waals surface area contributed by atoms with Crippen LogP contribution in [0.1, 0.15) is 44.0 Å². The number of aromatic nitrogens is 3. The molecule has 12 heteroatoms. The van der Waals surface area contributed by atoms with E-state index in [1.165, 1.54) is 19.2 Å². The van der Waals surface area contributed by atoms with Gasteiger partial charge in [-0.25, -0.2) is 9.48 Å². The van der Waals surface area contributed by atoms with Gasteiger partial charge in [0.1, 0.15) is 23.7 Å². The quantitative estimate of drug-likeness (QED) is 0.214. The molecule has 0 saturated heterocycles. The largest absolute Gasteiger partial charge is 0.487 e. The molecule has 0 amide bonds. The molecule has 0 radical (unpaired) electrons. The van der Waals surface area contributed by atoms with E-state index < -0.39 is 18.5 Å². The number of carbonyl (C=O) groups excluding carboxylic acids is 1. The molecule has 0 aliphatic heterocycles. The van der Waals surface area contributed by atoms with Crippen LogP contribution in [0.15, 0.2) is 54.6 Å². The van der Waals surface area contributed by atoms with Crippen LogP contribution in [0, 0.1) is 13.8 Å². The molecular weight excluding hydrogens is 568 g/mol. The topological polar surface area (TPSA) is 78.3 Å². The van der Waals surface area contributed by atoms with Gasteiger partial charge in [-0.2, -0.15) is 13.2 Å². The van der Waals surface area contributed by atoms with Crippen LogP contribution in [-0.2, 0) is 30.6 Å². The molecule has 1 N–H and O–H groups in total. The van der Waals surface area contributed by atoms with E-state index >= 15 is 0 Å². The number of ether oxygens (including phenoxy) is 2. The fourth-order valence-electron chi connectivity index (χ4n) is 4.15. The van der Waals surface area contributed by atoms with Gasteiger partial charge in [-0.05, 0) is 66.4 Å². The van der Waals surface area contributed by atoms with Crippen molar-refractivity contribution in [2.75, 3.05) is 7.11 Å². The van der Waals surface area contributed by atoms with Crippen LogP contribution in [0.2, 0.25) is 10.0 Å². The number of hydrogen-bond donors (Lipinski definition) is 1. The zero-order valence-corrected chi connectivity index (χ0v) is 23.3. The van der Waals surface area contributed by atoms with Crippen molar-refractivity contribution in [3.8, 4) is 11.4 Å². The number of para-hydroxylation sites is 1. The van der Waals surface area contributed by atoms with Crippen molar-refractivity contribution in [2.24, 2.45) is 0 Å². The second kappa shape index (κ2) is 12.3. The molecule has 0 unspecified atom stereocenters. The SMILES string of the molecule is COC(=O)c1ccc(CNCc2ccc(OCc3c(C(F)(F)F)nnn3-c3c(Cl)cccc3Cl)cc2C)cc1C. The Hall–Kier alpha value is -3.60. The number of methoxy groups -OCH3 is 1. The maximum atomic E-state index is 13.7. The first kappa shape index (κ1) is 29.4. The monoisotopic (exact) mass is 592 g/mol. The average Bonchev–Trinajstić information content (AvgIpc) is 3.32. The zero-order chi connectivity index (χ0) is 29.0. The maximum absolute atomic E-state index is 13.7. The van der Waals surface area contributed by atoms with Gasteiger partial charge in [0.05, 0.1) is 22.7 Å². The number of nitrogens with zero attached hydrogens (tertiary/aromatic N) is 3. The minimum Gasteiger partial charge on any atom is -0.487 e. The average molecular weight is 593 g/mol. The van der Waals surface area contributed by atoms with Crippen molar-refractivity contribution < 1.29 is 27.4 Å². The van der Waals surface area contributed by atoms with Gasteiger partial charge in [-0.15, -0.1) is 5.10 Å². The summed E-state index contributed by atoms with van der Waals surface area (Å²) in [5.74, 6) is -0.000595. The fourth-order valence-corrected chi connectivity index (χ4v) is 4.70. The smallest absolute Gasteiger partial charge is 0.437 e. The molecule has 0 bridgehead atoms. The second-order valence-corrected chi connectivity index (χ2v) is 9.80. The molecule has 0 aliphatic carbocycles. The lowest BCUT2D eigenvalue weighted by Gasteiger charge is -2.14. The molecule has 1 heterocycles. The van der Waals surface area contributed by atoms with E-state index in [0.717, 1.165) is 26.9 Å². The van der Waals surface area contributed by atoms with E-state index in [4.69, 9.17) is 32.7 Å². The molecule has 210 valence electrons. The van der Waals surface area contributed by atoms with E-state index in [0.29, 0.717) is 24.4 Å². The van der Waals surface area contributed by atoms with E-state index in [9.17, 15) is 18.0 Å². The number of aryl methyl sites for hydroxylation is 2. The highest BCUT2D eigenvalue weighted by Crippen LogP contribution is 2.35. The number of nitrogens with one attached hydrogen (secondary N) is 1. The van der Waals surface area contributed by atoms with Crippen molar-refractivity contribution in [1.29, 1.82) is 0 Å². The van der Waals surface area contributed by atoms with Crippen LogP contribution >= 0.6 is 23.2 Å². The predicted molar refractivity (Wildman–Crippen MR) is 145 cm³/mol. The molecule has 3 aromatic carbocycles. The van der Waals surface area contributed by atoms with Crippen molar-refractivity contribution in [3.63, 3.8) is 0 Å². The summed E-state index contributed by atoms with van der Waals surface area (Å²) in [5, 5.41) is 10.6. The van der Waals surface area contributed by atoms with Crippen LogP contribution in [0.25, 0.3) is 5.69 Å². The van der Waals surface area contributed by atoms with Gasteiger partial charge >= 0.3 is 12.1 Å². The number of benzene rings is 3. The van der Waals surface area contributed by atoms with Crippen LogP contribution in [0.3, 0.4) is 0 Å². The van der Waals surface area contributed by atoms with E-state index in [1.807, 2.05) is 32.0 Å². The summed E-state index contributed by atoms with van der Waals surface area (Å²) < 4.78 is 52.6. The molecule has 40 heavy (non-hydrogen) atoms. The summed E-state index contributed by atoms with van der Waals surface area (Å²) in [6.07, 6.45) is -4.76. The molecule has 7 nitrogen and oxygen atoms in total. The first-order valence-corrected chi connectivity index (χ1v) is 12.8. The minimum atomic E-state index is -4.76. The molecule has 1 aromatic heterocycles. The van der Waals surface area contributed by atoms with Crippen LogP contribution in [-0.4, -0.2) is 28.1 Å². The van der Waals surface area contributed by atoms with E-state index in [1.54, 1.807) is 24.3 Å². The summed E-state index contributed by atoms with van der Waals surface area (Å²) in [6.45, 7) is 4.38. The number of rotatable bonds is 9. The minimum absolute atomic E-state index is 0.0835. The summed E-state index contributed by atoms with van der Waals surface area (Å²) >= 11 is 12.4. The number of hydrogen-bond acceptors (Lipinski definition) is 6. The molecule has 4 rings (SSSR count). The summed E-state index contributed by atoms with van der Waals surface area (Å²) in [4.78, 5) is 11.8. The molecule has 0 spiro atoms. The summed E-state index contributed by atoms with van der Waals surface area (Å²) in [7, 11) is 1.35. The third-order valence-electron chi connectivity index (χ3n) is 6.21. The van der Waals surface area contributed by atoms with Gasteiger partial charge in [0.15, 0.2) is 5.69 Å². The Balaban J connectivity index is 1.45. The molecule has 0 aliphatic rings. The van der Waals surface area contributed by atoms with Gasteiger partial charge in [-0.3, -0.25) is 0 Å². The zero-order valence-electron chi connectivity index (χ0n) is 21.8. The van der Waals surface area contributed by atoms with Gasteiger partial charge in [0.2, 0.25) is 0 Å². The number of alkyl halides is 3. The Morgan fingerprint density at radius 3 is 2.35 bits per heavy atom. The Morgan fingerprint density at radius 1 is 1.00 bits per heavy atom. The van der Waals surface area contributed by atoms with Crippen molar-refractivity contribution >= 4 is 29.2 Å². The third-order valence-corrected chi connectivity index (χ3v) is 6.82. The highest BCUT2D eigenvalue weighted by Gasteiger charge is 2.39. The molecule has 4 aromatic rings. The Labute approximate surface area is 238 Å². The van der Waals surface area contributed by atoms with Crippen LogP contribution < -0.4 is 10.1 Å². The van der Waals surface area contributed by atoms with Crippen molar-refractivity contribution in [1.82, 2.24) is 20.3 Å². The summed E-state index contributed by atoms with van der Waals surface area (Å²) in [6, 6.07) is 15.4. The highest BCUT2D eigenvalue weighted by atomic mass is 35.5. The fraction of sp³-hybridized carbons (Fsp3) is 0.250. The van der Waals surface area contributed by atoms with Gasteiger partial charge in [0.25, 0.3) is 0 Å². The summed E-state index contributed by atoms with van der Waals surface area (Å²) in [5.41, 5.74) is 2.79. The number of esters is 1. The maximum Gasteiger partial charge on any atom is 0.437 e. The van der Waals surface area contributed by atoms with Crippen LogP contribution in [0.4, 0.5) is 13.2 Å². The number of halogens is 5. The Morgan fingerprint density at radius 2 is 1.73 bits per heavy atom. The number of carbonyl (C=O) groups is 1. The van der Waals surface area contributed by atoms with Crippen molar-refractivity contribution in [3.05, 3.63) is 104 Å². The van der Waals surface area contributed by atoms with Gasteiger partial charge in [-0.1, -0.05) is 52.7 Å². The third kappa shape index (κ3) is 6.57. The van der Waals surface area contributed by atoms with Crippen LogP contribution in [0.5, 0.6) is 5.75 Å². The highest BCUT2D eigenvalue weighted by molar-refractivity contribution is 6.37. The molecule has 0 saturated carbocycles. The molecular formula is C28H25Cl2F3N4O3. The Bertz CT molecular complexity index is 1520. The standard InChI is InChI=1S/C28H25Cl2F3N4O3/c1-16-12-20(9-8-19(16)14-34-13-18-7-10-21(17(2)11-18)27(38)39-3)40-15-24-26(28(31,32)33)35-36-37(24)25-22(29)5-4-6-23(25)30/h4-12,34H,13-15H2,1-3H3. The predicted octanol–water partition coefficient (Wildman–Crippen LogP) is 6.87. The lowest BCUT2D eigenvalue weighted by Crippen LogP contribution is -2.15. The lowest BCUT2D eigenvalue weighted by molar-refractivity contribution is -0.142. The second-order valence-electron chi connectivity index (χ2n) is 8.99. The van der Waals surface area contributed by atoms with E-state index in [2.05, 4.69) is 15.6 Å². The lowest BCUT2D eigenvalue weighted by atomic mass is 10.0. The molecule has 0 atom stereocenters. The van der Waals surface area contributed by atoms with Crippen molar-refractivity contribution in [2.45, 2.75) is 39.7 Å². The van der Waals surface area contributed by atoms with Gasteiger partial charge < -0.3 is 14.8 Å². The normalized spacial score (nSPS) is 11.5. The van der Waals surface area contributed by atoms with Gasteiger partial charge in [0, 0.05) is 13.1 Å². The van der Waals surface area contributed by atoms with E-state index in [-0.39, 0.29) is 27.4 Å². The first-order valence-electron chi connectivity index (χ1n) is 12.1. The molecule has 0 fully saturated rings. The Kier molecular flexibility index (Phi) is 9.02.